The summed E-state index contributed by atoms with van der Waals surface area (Å²) in [5, 5.41) is 4.98. The summed E-state index contributed by atoms with van der Waals surface area (Å²) in [6.45, 7) is 1.16. The van der Waals surface area contributed by atoms with Gasteiger partial charge in [-0.25, -0.2) is 0 Å². The van der Waals surface area contributed by atoms with Crippen LogP contribution < -0.4 is 5.32 Å². The quantitative estimate of drug-likeness (QED) is 0.808. The van der Waals surface area contributed by atoms with Crippen LogP contribution in [0.15, 0.2) is 41.8 Å². The zero-order valence-electron chi connectivity index (χ0n) is 14.4. The molecular weight excluding hydrogens is 336 g/mol. The average Bonchev–Trinajstić information content (AvgIpc) is 3.15. The number of likely N-dealkylation sites (N-methyl/N-ethyl adjacent to an activating group) is 1. The summed E-state index contributed by atoms with van der Waals surface area (Å²) < 4.78 is 5.03. The van der Waals surface area contributed by atoms with E-state index in [1.165, 1.54) is 0 Å². The smallest absolute Gasteiger partial charge is 0.254 e. The molecule has 0 aliphatic carbocycles. The molecule has 3 rings (SSSR count). The van der Waals surface area contributed by atoms with Gasteiger partial charge in [-0.3, -0.25) is 9.59 Å². The number of nitrogens with zero attached hydrogens (tertiary/aromatic N) is 1. The Morgan fingerprint density at radius 1 is 1.28 bits per heavy atom. The second kappa shape index (κ2) is 7.80. The molecule has 25 heavy (non-hydrogen) atoms. The second-order valence-corrected chi connectivity index (χ2v) is 7.06. The van der Waals surface area contributed by atoms with E-state index in [1.807, 2.05) is 35.7 Å². The molecule has 0 bridgehead atoms. The predicted octanol–water partition coefficient (Wildman–Crippen LogP) is 2.81. The van der Waals surface area contributed by atoms with Crippen LogP contribution in [0.1, 0.15) is 39.2 Å². The molecule has 2 aromatic rings. The summed E-state index contributed by atoms with van der Waals surface area (Å²) >= 11 is 1.57. The standard InChI is InChI=1S/C19H22N2O3S/c1-21-17(15-9-5-12-25-15)16(18(22)20-10-6-11-24-2)13-7-3-4-8-14(13)19(21)23/h3-5,7-9,12,16-17H,6,10-11H2,1-2H3,(H,20,22)/t16-,17+/m0/s1. The van der Waals surface area contributed by atoms with Crippen LogP contribution in [-0.4, -0.2) is 44.0 Å². The van der Waals surface area contributed by atoms with Crippen LogP contribution in [0.4, 0.5) is 0 Å². The van der Waals surface area contributed by atoms with Crippen LogP contribution in [0.2, 0.25) is 0 Å². The van der Waals surface area contributed by atoms with E-state index in [9.17, 15) is 9.59 Å². The Balaban J connectivity index is 1.96. The van der Waals surface area contributed by atoms with Gasteiger partial charge in [0.15, 0.2) is 0 Å². The van der Waals surface area contributed by atoms with Crippen molar-refractivity contribution in [3.05, 3.63) is 57.8 Å². The van der Waals surface area contributed by atoms with Gasteiger partial charge in [0, 0.05) is 37.7 Å². The lowest BCUT2D eigenvalue weighted by Gasteiger charge is -2.39. The number of ether oxygens (including phenoxy) is 1. The number of amides is 2. The normalized spacial score (nSPS) is 19.6. The van der Waals surface area contributed by atoms with Crippen molar-refractivity contribution < 1.29 is 14.3 Å². The van der Waals surface area contributed by atoms with E-state index < -0.39 is 5.92 Å². The molecule has 1 aromatic carbocycles. The third-order valence-electron chi connectivity index (χ3n) is 4.52. The molecule has 1 aliphatic rings. The molecule has 0 saturated carbocycles. The van der Waals surface area contributed by atoms with Crippen molar-refractivity contribution in [1.82, 2.24) is 10.2 Å². The number of nitrogens with one attached hydrogen (secondary N) is 1. The Kier molecular flexibility index (Phi) is 5.50. The van der Waals surface area contributed by atoms with Crippen LogP contribution in [0.3, 0.4) is 0 Å². The number of hydrogen-bond donors (Lipinski definition) is 1. The maximum Gasteiger partial charge on any atom is 0.254 e. The highest BCUT2D eigenvalue weighted by atomic mass is 32.1. The maximum atomic E-state index is 13.0. The zero-order valence-corrected chi connectivity index (χ0v) is 15.2. The molecule has 1 aromatic heterocycles. The summed E-state index contributed by atoms with van der Waals surface area (Å²) in [7, 11) is 3.42. The average molecular weight is 358 g/mol. The summed E-state index contributed by atoms with van der Waals surface area (Å²) in [6, 6.07) is 11.1. The fourth-order valence-corrected chi connectivity index (χ4v) is 4.22. The van der Waals surface area contributed by atoms with E-state index in [4.69, 9.17) is 4.74 Å². The summed E-state index contributed by atoms with van der Waals surface area (Å²) in [6.07, 6.45) is 0.759. The van der Waals surface area contributed by atoms with Crippen molar-refractivity contribution in [2.75, 3.05) is 27.3 Å². The molecule has 0 radical (unpaired) electrons. The number of fused-ring (bicyclic) bond motifs is 1. The van der Waals surface area contributed by atoms with Crippen LogP contribution in [0, 0.1) is 0 Å². The molecule has 2 heterocycles. The van der Waals surface area contributed by atoms with Gasteiger partial charge in [0.25, 0.3) is 5.91 Å². The molecule has 0 fully saturated rings. The minimum atomic E-state index is -0.417. The molecule has 0 spiro atoms. The van der Waals surface area contributed by atoms with Crippen LogP contribution in [0.5, 0.6) is 0 Å². The second-order valence-electron chi connectivity index (χ2n) is 6.08. The van der Waals surface area contributed by atoms with Gasteiger partial charge in [0.1, 0.15) is 0 Å². The predicted molar refractivity (Wildman–Crippen MR) is 97.8 cm³/mol. The lowest BCUT2D eigenvalue weighted by molar-refractivity contribution is -0.124. The van der Waals surface area contributed by atoms with Crippen molar-refractivity contribution in [2.45, 2.75) is 18.4 Å². The van der Waals surface area contributed by atoms with Gasteiger partial charge in [-0.15, -0.1) is 11.3 Å². The number of rotatable bonds is 6. The van der Waals surface area contributed by atoms with Crippen molar-refractivity contribution in [2.24, 2.45) is 0 Å². The van der Waals surface area contributed by atoms with Gasteiger partial charge in [0.05, 0.1) is 12.0 Å². The molecule has 5 nitrogen and oxygen atoms in total. The van der Waals surface area contributed by atoms with Gasteiger partial charge in [0.2, 0.25) is 5.91 Å². The molecular formula is C19H22N2O3S. The molecule has 0 unspecified atom stereocenters. The number of carbonyl (C=O) groups excluding carboxylic acids is 2. The maximum absolute atomic E-state index is 13.0. The highest BCUT2D eigenvalue weighted by Gasteiger charge is 2.42. The number of benzene rings is 1. The first-order valence-corrected chi connectivity index (χ1v) is 9.19. The van der Waals surface area contributed by atoms with Gasteiger partial charge in [-0.05, 0) is 29.5 Å². The van der Waals surface area contributed by atoms with Gasteiger partial charge < -0.3 is 15.0 Å². The van der Waals surface area contributed by atoms with Gasteiger partial charge >= 0.3 is 0 Å². The third kappa shape index (κ3) is 3.45. The fraction of sp³-hybridized carbons (Fsp3) is 0.368. The Morgan fingerprint density at radius 2 is 2.08 bits per heavy atom. The Labute approximate surface area is 151 Å². The highest BCUT2D eigenvalue weighted by molar-refractivity contribution is 7.10. The fourth-order valence-electron chi connectivity index (χ4n) is 3.31. The van der Waals surface area contributed by atoms with Crippen molar-refractivity contribution >= 4 is 23.2 Å². The molecule has 1 aliphatic heterocycles. The van der Waals surface area contributed by atoms with Crippen LogP contribution in [-0.2, 0) is 9.53 Å². The number of thiophene rings is 1. The number of hydrogen-bond acceptors (Lipinski definition) is 4. The van der Waals surface area contributed by atoms with Gasteiger partial charge in [-0.1, -0.05) is 24.3 Å². The number of carbonyl (C=O) groups is 2. The highest BCUT2D eigenvalue weighted by Crippen LogP contribution is 2.43. The van der Waals surface area contributed by atoms with E-state index in [0.717, 1.165) is 16.9 Å². The third-order valence-corrected chi connectivity index (χ3v) is 5.46. The SMILES string of the molecule is COCCCNC(=O)[C@H]1c2ccccc2C(=O)N(C)[C@@H]1c1cccs1. The largest absolute Gasteiger partial charge is 0.385 e. The molecule has 1 N–H and O–H groups in total. The van der Waals surface area contributed by atoms with Crippen molar-refractivity contribution in [1.29, 1.82) is 0 Å². The topological polar surface area (TPSA) is 58.6 Å². The summed E-state index contributed by atoms with van der Waals surface area (Å²) in [5.41, 5.74) is 1.41. The van der Waals surface area contributed by atoms with Crippen LogP contribution in [0.25, 0.3) is 0 Å². The van der Waals surface area contributed by atoms with E-state index in [0.29, 0.717) is 18.7 Å². The minimum Gasteiger partial charge on any atom is -0.385 e. The molecule has 0 saturated heterocycles. The molecule has 2 atom stereocenters. The van der Waals surface area contributed by atoms with E-state index in [-0.39, 0.29) is 17.9 Å². The van der Waals surface area contributed by atoms with Crippen molar-refractivity contribution in [3.63, 3.8) is 0 Å². The van der Waals surface area contributed by atoms with Crippen molar-refractivity contribution in [3.8, 4) is 0 Å². The number of methoxy groups -OCH3 is 1. The molecule has 132 valence electrons. The molecule has 6 heteroatoms. The van der Waals surface area contributed by atoms with Gasteiger partial charge in [-0.2, -0.15) is 0 Å². The van der Waals surface area contributed by atoms with E-state index in [1.54, 1.807) is 36.5 Å². The monoisotopic (exact) mass is 358 g/mol. The Morgan fingerprint density at radius 3 is 2.80 bits per heavy atom. The van der Waals surface area contributed by atoms with Crippen LogP contribution >= 0.6 is 11.3 Å². The lowest BCUT2D eigenvalue weighted by Crippen LogP contribution is -2.45. The first-order chi connectivity index (χ1) is 12.1. The first-order valence-electron chi connectivity index (χ1n) is 8.31. The summed E-state index contributed by atoms with van der Waals surface area (Å²) in [4.78, 5) is 28.5. The minimum absolute atomic E-state index is 0.0440. The summed E-state index contributed by atoms with van der Waals surface area (Å²) in [5.74, 6) is -0.515. The lowest BCUT2D eigenvalue weighted by atomic mass is 9.81. The Hall–Kier alpha value is -2.18. The van der Waals surface area contributed by atoms with E-state index >= 15 is 0 Å². The molecule has 2 amide bonds. The Bertz CT molecular complexity index is 745. The zero-order chi connectivity index (χ0) is 17.8. The van der Waals surface area contributed by atoms with E-state index in [2.05, 4.69) is 5.32 Å². The first kappa shape index (κ1) is 17.6.